The summed E-state index contributed by atoms with van der Waals surface area (Å²) in [5, 5.41) is 0. The minimum Gasteiger partial charge on any atom is -0.326 e. The second-order valence-corrected chi connectivity index (χ2v) is 5.26. The van der Waals surface area contributed by atoms with Gasteiger partial charge in [-0.05, 0) is 25.3 Å². The van der Waals surface area contributed by atoms with E-state index in [0.717, 1.165) is 23.9 Å². The highest BCUT2D eigenvalue weighted by atomic mass is 19.1. The van der Waals surface area contributed by atoms with Gasteiger partial charge in [-0.1, -0.05) is 25.1 Å². The van der Waals surface area contributed by atoms with E-state index in [1.165, 1.54) is 6.42 Å². The molecule has 1 aromatic rings. The second kappa shape index (κ2) is 5.15. The Labute approximate surface area is 103 Å². The molecular weight excluding hydrogens is 215 g/mol. The molecule has 2 atom stereocenters. The molecule has 1 saturated carbocycles. The van der Waals surface area contributed by atoms with Crippen LogP contribution in [0, 0.1) is 17.7 Å². The third-order valence-electron chi connectivity index (χ3n) is 3.64. The normalized spacial score (nSPS) is 23.1. The van der Waals surface area contributed by atoms with Gasteiger partial charge in [-0.3, -0.25) is 0 Å². The Morgan fingerprint density at radius 1 is 1.41 bits per heavy atom. The summed E-state index contributed by atoms with van der Waals surface area (Å²) in [4.78, 5) is 2.20. The summed E-state index contributed by atoms with van der Waals surface area (Å²) >= 11 is 0. The van der Waals surface area contributed by atoms with Gasteiger partial charge in [-0.2, -0.15) is 0 Å². The van der Waals surface area contributed by atoms with Gasteiger partial charge in [0, 0.05) is 30.8 Å². The van der Waals surface area contributed by atoms with Crippen molar-refractivity contribution in [1.29, 1.82) is 0 Å². The van der Waals surface area contributed by atoms with E-state index >= 15 is 0 Å². The molecule has 0 heterocycles. The fourth-order valence-corrected chi connectivity index (χ4v) is 2.32. The fraction of sp³-hybridized carbons (Fsp3) is 0.571. The van der Waals surface area contributed by atoms with Crippen molar-refractivity contribution < 1.29 is 4.39 Å². The predicted molar refractivity (Wildman–Crippen MR) is 67.9 cm³/mol. The summed E-state index contributed by atoms with van der Waals surface area (Å²) in [6.45, 7) is 4.27. The van der Waals surface area contributed by atoms with Crippen LogP contribution in [0.15, 0.2) is 18.2 Å². The second-order valence-electron chi connectivity index (χ2n) is 5.26. The largest absolute Gasteiger partial charge is 0.326 e. The Balaban J connectivity index is 1.97. The standard InChI is InChI=1S/C14H21FN2/c1-10-6-13(10)9-17(2)8-12-5-3-4-11(7-16)14(12)15/h3-5,10,13H,6-9,16H2,1-2H3. The number of halogens is 1. The molecule has 0 bridgehead atoms. The number of hydrogen-bond acceptors (Lipinski definition) is 2. The molecule has 17 heavy (non-hydrogen) atoms. The van der Waals surface area contributed by atoms with E-state index in [4.69, 9.17) is 5.73 Å². The van der Waals surface area contributed by atoms with Crippen LogP contribution in [0.4, 0.5) is 4.39 Å². The van der Waals surface area contributed by atoms with E-state index in [0.29, 0.717) is 12.1 Å². The van der Waals surface area contributed by atoms with E-state index < -0.39 is 0 Å². The van der Waals surface area contributed by atoms with Gasteiger partial charge < -0.3 is 10.6 Å². The maximum absolute atomic E-state index is 14.0. The number of benzene rings is 1. The maximum atomic E-state index is 14.0. The van der Waals surface area contributed by atoms with Crippen LogP contribution in [0.5, 0.6) is 0 Å². The average molecular weight is 236 g/mol. The molecule has 1 fully saturated rings. The van der Waals surface area contributed by atoms with Crippen LogP contribution in [0.2, 0.25) is 0 Å². The molecule has 2 unspecified atom stereocenters. The van der Waals surface area contributed by atoms with Crippen molar-refractivity contribution in [2.24, 2.45) is 17.6 Å². The Bertz CT molecular complexity index is 392. The SMILES string of the molecule is CC1CC1CN(C)Cc1cccc(CN)c1F. The van der Waals surface area contributed by atoms with E-state index in [9.17, 15) is 4.39 Å². The summed E-state index contributed by atoms with van der Waals surface area (Å²) in [6, 6.07) is 5.48. The van der Waals surface area contributed by atoms with Gasteiger partial charge in [0.05, 0.1) is 0 Å². The zero-order valence-electron chi connectivity index (χ0n) is 10.6. The molecular formula is C14H21FN2. The fourth-order valence-electron chi connectivity index (χ4n) is 2.32. The zero-order valence-corrected chi connectivity index (χ0v) is 10.6. The van der Waals surface area contributed by atoms with Crippen molar-refractivity contribution in [3.63, 3.8) is 0 Å². The quantitative estimate of drug-likeness (QED) is 0.850. The first-order chi connectivity index (χ1) is 8.11. The number of nitrogens with two attached hydrogens (primary N) is 1. The lowest BCUT2D eigenvalue weighted by Crippen LogP contribution is -2.22. The minimum atomic E-state index is -0.134. The zero-order chi connectivity index (χ0) is 12.4. The van der Waals surface area contributed by atoms with Gasteiger partial charge in [0.25, 0.3) is 0 Å². The van der Waals surface area contributed by atoms with Crippen LogP contribution < -0.4 is 5.73 Å². The van der Waals surface area contributed by atoms with Crippen LogP contribution in [-0.2, 0) is 13.1 Å². The Hall–Kier alpha value is -0.930. The Kier molecular flexibility index (Phi) is 3.79. The number of nitrogens with zero attached hydrogens (tertiary/aromatic N) is 1. The highest BCUT2D eigenvalue weighted by Crippen LogP contribution is 2.38. The molecule has 2 nitrogen and oxygen atoms in total. The lowest BCUT2D eigenvalue weighted by atomic mass is 10.1. The summed E-state index contributed by atoms with van der Waals surface area (Å²) < 4.78 is 14.0. The Morgan fingerprint density at radius 3 is 2.65 bits per heavy atom. The molecule has 3 heteroatoms. The Morgan fingerprint density at radius 2 is 2.06 bits per heavy atom. The number of hydrogen-bond donors (Lipinski definition) is 1. The molecule has 0 amide bonds. The molecule has 0 radical (unpaired) electrons. The smallest absolute Gasteiger partial charge is 0.132 e. The molecule has 1 aromatic carbocycles. The van der Waals surface area contributed by atoms with E-state index in [1.54, 1.807) is 6.07 Å². The monoisotopic (exact) mass is 236 g/mol. The molecule has 2 rings (SSSR count). The van der Waals surface area contributed by atoms with Gasteiger partial charge in [0.15, 0.2) is 0 Å². The van der Waals surface area contributed by atoms with Crippen LogP contribution in [-0.4, -0.2) is 18.5 Å². The van der Waals surface area contributed by atoms with E-state index in [1.807, 2.05) is 12.1 Å². The van der Waals surface area contributed by atoms with Gasteiger partial charge in [-0.25, -0.2) is 4.39 Å². The van der Waals surface area contributed by atoms with Crippen LogP contribution in [0.25, 0.3) is 0 Å². The molecule has 1 aliphatic rings. The molecule has 0 aromatic heterocycles. The van der Waals surface area contributed by atoms with Crippen molar-refractivity contribution in [3.8, 4) is 0 Å². The number of rotatable bonds is 5. The van der Waals surface area contributed by atoms with Gasteiger partial charge in [0.1, 0.15) is 5.82 Å². The van der Waals surface area contributed by atoms with E-state index in [2.05, 4.69) is 18.9 Å². The van der Waals surface area contributed by atoms with Gasteiger partial charge >= 0.3 is 0 Å². The van der Waals surface area contributed by atoms with E-state index in [-0.39, 0.29) is 12.4 Å². The lowest BCUT2D eigenvalue weighted by Gasteiger charge is -2.17. The molecule has 0 saturated heterocycles. The summed E-state index contributed by atoms with van der Waals surface area (Å²) in [7, 11) is 2.06. The molecule has 1 aliphatic carbocycles. The van der Waals surface area contributed by atoms with Crippen molar-refractivity contribution in [2.45, 2.75) is 26.4 Å². The molecule has 94 valence electrons. The van der Waals surface area contributed by atoms with Crippen molar-refractivity contribution in [3.05, 3.63) is 35.1 Å². The van der Waals surface area contributed by atoms with Crippen LogP contribution in [0.3, 0.4) is 0 Å². The third kappa shape index (κ3) is 3.05. The van der Waals surface area contributed by atoms with Crippen molar-refractivity contribution in [2.75, 3.05) is 13.6 Å². The minimum absolute atomic E-state index is 0.134. The predicted octanol–water partition coefficient (Wildman–Crippen LogP) is 2.37. The first-order valence-corrected chi connectivity index (χ1v) is 6.26. The molecule has 2 N–H and O–H groups in total. The van der Waals surface area contributed by atoms with Crippen LogP contribution >= 0.6 is 0 Å². The van der Waals surface area contributed by atoms with Crippen molar-refractivity contribution in [1.82, 2.24) is 4.90 Å². The highest BCUT2D eigenvalue weighted by molar-refractivity contribution is 5.25. The molecule has 0 spiro atoms. The summed E-state index contributed by atoms with van der Waals surface area (Å²) in [6.07, 6.45) is 1.32. The topological polar surface area (TPSA) is 29.3 Å². The third-order valence-corrected chi connectivity index (χ3v) is 3.64. The van der Waals surface area contributed by atoms with Crippen molar-refractivity contribution >= 4 is 0 Å². The maximum Gasteiger partial charge on any atom is 0.132 e. The molecule has 0 aliphatic heterocycles. The summed E-state index contributed by atoms with van der Waals surface area (Å²) in [5.41, 5.74) is 6.87. The first kappa shape index (κ1) is 12.5. The highest BCUT2D eigenvalue weighted by Gasteiger charge is 2.33. The van der Waals surface area contributed by atoms with Gasteiger partial charge in [0.2, 0.25) is 0 Å². The van der Waals surface area contributed by atoms with Crippen LogP contribution in [0.1, 0.15) is 24.5 Å². The summed E-state index contributed by atoms with van der Waals surface area (Å²) in [5.74, 6) is 1.52. The average Bonchev–Trinajstić information content (AvgIpc) is 2.97. The van der Waals surface area contributed by atoms with Gasteiger partial charge in [-0.15, -0.1) is 0 Å². The first-order valence-electron chi connectivity index (χ1n) is 6.26. The lowest BCUT2D eigenvalue weighted by molar-refractivity contribution is 0.302.